The maximum Gasteiger partial charge on any atom is 0.345 e. The highest BCUT2D eigenvalue weighted by Crippen LogP contribution is 2.62. The highest BCUT2D eigenvalue weighted by atomic mass is 16.6. The normalized spacial score (nSPS) is 33.4. The zero-order valence-electron chi connectivity index (χ0n) is 21.8. The number of aliphatic hydroxyl groups is 2. The SMILES string of the molecule is COC(=O)c1c(OC[C@@H]2[C@@]3(C)CCCC(C)(C)[C@@H]3CC[C@@]2(C)O)c(C)c(OC)c2c1C(O)OC2=O. The summed E-state index contributed by atoms with van der Waals surface area (Å²) in [5.41, 5.74) is -0.583. The number of hydrogen-bond acceptors (Lipinski definition) is 8. The minimum absolute atomic E-state index is 0.00373. The van der Waals surface area contributed by atoms with Gasteiger partial charge in [-0.25, -0.2) is 9.59 Å². The van der Waals surface area contributed by atoms with E-state index in [0.717, 1.165) is 25.7 Å². The van der Waals surface area contributed by atoms with E-state index < -0.39 is 23.8 Å². The van der Waals surface area contributed by atoms with Gasteiger partial charge in [-0.1, -0.05) is 27.2 Å². The standard InChI is InChI=1S/C27H38O8/c1-14-20(32-6)18-17(23(29)35-24(18)30)19(22(28)33-7)21(14)34-13-16-26(4)11-8-10-25(2,3)15(26)9-12-27(16,5)31/h15-16,23,29,31H,8-13H2,1-7H3/t15-,16+,23?,26-,27+/m0/s1. The second-order valence-electron chi connectivity index (χ2n) is 11.6. The van der Waals surface area contributed by atoms with E-state index in [9.17, 15) is 19.8 Å². The predicted octanol–water partition coefficient (Wildman–Crippen LogP) is 4.32. The summed E-state index contributed by atoms with van der Waals surface area (Å²) < 4.78 is 21.9. The van der Waals surface area contributed by atoms with Gasteiger partial charge in [-0.3, -0.25) is 0 Å². The molecule has 8 heteroatoms. The molecule has 0 saturated heterocycles. The molecule has 1 aromatic rings. The van der Waals surface area contributed by atoms with Crippen molar-refractivity contribution >= 4 is 11.9 Å². The summed E-state index contributed by atoms with van der Waals surface area (Å²) in [6.45, 7) is 10.6. The van der Waals surface area contributed by atoms with Gasteiger partial charge < -0.3 is 29.2 Å². The molecule has 0 aromatic heterocycles. The Labute approximate surface area is 206 Å². The number of carbonyl (C=O) groups is 2. The Morgan fingerprint density at radius 3 is 2.43 bits per heavy atom. The van der Waals surface area contributed by atoms with Crippen LogP contribution in [0.5, 0.6) is 11.5 Å². The number of cyclic esters (lactones) is 1. The molecule has 2 N–H and O–H groups in total. The molecule has 1 aliphatic heterocycles. The number of carbonyl (C=O) groups excluding carboxylic acids is 2. The summed E-state index contributed by atoms with van der Waals surface area (Å²) in [4.78, 5) is 25.3. The molecule has 194 valence electrons. The van der Waals surface area contributed by atoms with Crippen LogP contribution in [0.4, 0.5) is 0 Å². The first-order chi connectivity index (χ1) is 16.3. The third-order valence-corrected chi connectivity index (χ3v) is 9.09. The van der Waals surface area contributed by atoms with Gasteiger partial charge in [0.1, 0.15) is 22.6 Å². The van der Waals surface area contributed by atoms with E-state index in [2.05, 4.69) is 20.8 Å². The number of fused-ring (bicyclic) bond motifs is 2. The van der Waals surface area contributed by atoms with Crippen molar-refractivity contribution in [3.8, 4) is 11.5 Å². The second-order valence-corrected chi connectivity index (χ2v) is 11.6. The van der Waals surface area contributed by atoms with E-state index in [4.69, 9.17) is 18.9 Å². The van der Waals surface area contributed by atoms with Gasteiger partial charge in [0.05, 0.1) is 32.0 Å². The largest absolute Gasteiger partial charge is 0.495 e. The Morgan fingerprint density at radius 2 is 1.80 bits per heavy atom. The van der Waals surface area contributed by atoms with Crippen molar-refractivity contribution in [3.63, 3.8) is 0 Å². The van der Waals surface area contributed by atoms with Gasteiger partial charge in [0, 0.05) is 11.5 Å². The van der Waals surface area contributed by atoms with E-state index in [1.165, 1.54) is 14.2 Å². The number of benzene rings is 1. The van der Waals surface area contributed by atoms with E-state index in [0.29, 0.717) is 17.9 Å². The summed E-state index contributed by atoms with van der Waals surface area (Å²) in [6, 6.07) is 0. The first-order valence-corrected chi connectivity index (χ1v) is 12.4. The monoisotopic (exact) mass is 490 g/mol. The van der Waals surface area contributed by atoms with Gasteiger partial charge in [0.15, 0.2) is 0 Å². The lowest BCUT2D eigenvalue weighted by Crippen LogP contribution is -2.59. The van der Waals surface area contributed by atoms with Gasteiger partial charge in [0.2, 0.25) is 6.29 Å². The molecule has 2 aliphatic carbocycles. The highest BCUT2D eigenvalue weighted by molar-refractivity contribution is 6.05. The molecule has 0 bridgehead atoms. The Kier molecular flexibility index (Phi) is 6.37. The molecular formula is C27H38O8. The van der Waals surface area contributed by atoms with Crippen LogP contribution >= 0.6 is 0 Å². The Bertz CT molecular complexity index is 1040. The van der Waals surface area contributed by atoms with Gasteiger partial charge in [-0.15, -0.1) is 0 Å². The molecule has 2 saturated carbocycles. The summed E-state index contributed by atoms with van der Waals surface area (Å²) >= 11 is 0. The Hall–Kier alpha value is -2.32. The third kappa shape index (κ3) is 3.89. The maximum atomic E-state index is 12.9. The van der Waals surface area contributed by atoms with Crippen LogP contribution in [0.25, 0.3) is 0 Å². The fraction of sp³-hybridized carbons (Fsp3) is 0.704. The average molecular weight is 491 g/mol. The first kappa shape index (κ1) is 25.8. The van der Waals surface area contributed by atoms with Crippen molar-refractivity contribution in [2.75, 3.05) is 20.8 Å². The number of methoxy groups -OCH3 is 2. The van der Waals surface area contributed by atoms with E-state index in [-0.39, 0.29) is 51.5 Å². The topological polar surface area (TPSA) is 112 Å². The van der Waals surface area contributed by atoms with Gasteiger partial charge >= 0.3 is 11.9 Å². The first-order valence-electron chi connectivity index (χ1n) is 12.4. The summed E-state index contributed by atoms with van der Waals surface area (Å²) in [7, 11) is 2.63. The fourth-order valence-corrected chi connectivity index (χ4v) is 7.42. The zero-order chi connectivity index (χ0) is 25.9. The van der Waals surface area contributed by atoms with Crippen molar-refractivity contribution in [2.45, 2.75) is 78.6 Å². The molecule has 0 spiro atoms. The Balaban J connectivity index is 1.80. The molecular weight excluding hydrogens is 452 g/mol. The fourth-order valence-electron chi connectivity index (χ4n) is 7.42. The van der Waals surface area contributed by atoms with E-state index >= 15 is 0 Å². The van der Waals surface area contributed by atoms with E-state index in [1.54, 1.807) is 6.92 Å². The van der Waals surface area contributed by atoms with Gasteiger partial charge in [0.25, 0.3) is 0 Å². The highest BCUT2D eigenvalue weighted by Gasteiger charge is 2.58. The van der Waals surface area contributed by atoms with Crippen LogP contribution < -0.4 is 9.47 Å². The molecule has 1 aromatic carbocycles. The van der Waals surface area contributed by atoms with Crippen molar-refractivity contribution in [1.29, 1.82) is 0 Å². The van der Waals surface area contributed by atoms with Gasteiger partial charge in [-0.2, -0.15) is 0 Å². The summed E-state index contributed by atoms with van der Waals surface area (Å²) in [5, 5.41) is 22.0. The zero-order valence-corrected chi connectivity index (χ0v) is 21.8. The number of rotatable bonds is 5. The van der Waals surface area contributed by atoms with Crippen LogP contribution in [0.2, 0.25) is 0 Å². The van der Waals surface area contributed by atoms with Crippen molar-refractivity contribution in [1.82, 2.24) is 0 Å². The predicted molar refractivity (Wildman–Crippen MR) is 128 cm³/mol. The second kappa shape index (κ2) is 8.66. The maximum absolute atomic E-state index is 12.9. The molecule has 0 amide bonds. The lowest BCUT2D eigenvalue weighted by molar-refractivity contribution is -0.176. The molecule has 0 radical (unpaired) electrons. The van der Waals surface area contributed by atoms with Crippen LogP contribution in [0.1, 0.15) is 97.9 Å². The molecule has 4 rings (SSSR count). The molecule has 1 unspecified atom stereocenters. The number of hydrogen-bond donors (Lipinski definition) is 2. The number of esters is 2. The molecule has 35 heavy (non-hydrogen) atoms. The van der Waals surface area contributed by atoms with Crippen LogP contribution in [0.15, 0.2) is 0 Å². The quantitative estimate of drug-likeness (QED) is 0.587. The molecule has 2 fully saturated rings. The van der Waals surface area contributed by atoms with Crippen molar-refractivity contribution in [2.24, 2.45) is 22.7 Å². The summed E-state index contributed by atoms with van der Waals surface area (Å²) in [5.74, 6) is -0.942. The molecule has 1 heterocycles. The number of aliphatic hydroxyl groups excluding tert-OH is 1. The minimum Gasteiger partial charge on any atom is -0.495 e. The lowest BCUT2D eigenvalue weighted by atomic mass is 9.46. The van der Waals surface area contributed by atoms with Crippen molar-refractivity contribution < 1.29 is 38.7 Å². The van der Waals surface area contributed by atoms with Gasteiger partial charge in [-0.05, 0) is 56.3 Å². The van der Waals surface area contributed by atoms with Crippen molar-refractivity contribution in [3.05, 3.63) is 22.3 Å². The molecule has 3 aliphatic rings. The Morgan fingerprint density at radius 1 is 1.11 bits per heavy atom. The average Bonchev–Trinajstić information content (AvgIpc) is 3.05. The van der Waals surface area contributed by atoms with Crippen LogP contribution in [0.3, 0.4) is 0 Å². The summed E-state index contributed by atoms with van der Waals surface area (Å²) in [6.07, 6.45) is 3.21. The molecule has 8 nitrogen and oxygen atoms in total. The smallest absolute Gasteiger partial charge is 0.345 e. The minimum atomic E-state index is -1.64. The van der Waals surface area contributed by atoms with Crippen LogP contribution in [-0.2, 0) is 9.47 Å². The van der Waals surface area contributed by atoms with Crippen LogP contribution in [-0.4, -0.2) is 48.6 Å². The van der Waals surface area contributed by atoms with Crippen LogP contribution in [0, 0.1) is 29.6 Å². The third-order valence-electron chi connectivity index (χ3n) is 9.09. The molecule has 5 atom stereocenters. The number of ether oxygens (including phenoxy) is 4. The lowest BCUT2D eigenvalue weighted by Gasteiger charge is -2.61. The van der Waals surface area contributed by atoms with E-state index in [1.807, 2.05) is 6.92 Å².